The van der Waals surface area contributed by atoms with Crippen LogP contribution in [0.1, 0.15) is 47.6 Å². The van der Waals surface area contributed by atoms with E-state index in [9.17, 15) is 9.50 Å². The topological polar surface area (TPSA) is 41.5 Å². The summed E-state index contributed by atoms with van der Waals surface area (Å²) in [5.41, 5.74) is 2.32. The number of benzene rings is 2. The number of nitrogens with one attached hydrogen (secondary N) is 1. The molecule has 0 spiro atoms. The Hall–Kier alpha value is -1.75. The zero-order valence-corrected chi connectivity index (χ0v) is 13.9. The number of hydrogen-bond donors (Lipinski definition) is 2. The molecule has 1 fully saturated rings. The van der Waals surface area contributed by atoms with Crippen molar-refractivity contribution >= 4 is 0 Å². The Labute approximate surface area is 141 Å². The number of rotatable bonds is 2. The molecule has 1 heterocycles. The SMILES string of the molecule is CNCC1CC2c3ccccc3C(C)(O)c3ccc(F)cc3C2O1. The van der Waals surface area contributed by atoms with Crippen LogP contribution in [0.4, 0.5) is 4.39 Å². The van der Waals surface area contributed by atoms with Gasteiger partial charge in [0.05, 0.1) is 12.2 Å². The maximum atomic E-state index is 14.0. The van der Waals surface area contributed by atoms with Gasteiger partial charge in [-0.05, 0) is 54.8 Å². The first-order valence-electron chi connectivity index (χ1n) is 8.44. The van der Waals surface area contributed by atoms with E-state index >= 15 is 0 Å². The lowest BCUT2D eigenvalue weighted by molar-refractivity contribution is 0.0394. The first-order valence-corrected chi connectivity index (χ1v) is 8.44. The predicted octanol–water partition coefficient (Wildman–Crippen LogP) is 3.23. The van der Waals surface area contributed by atoms with Crippen LogP contribution < -0.4 is 5.32 Å². The molecule has 4 atom stereocenters. The van der Waals surface area contributed by atoms with E-state index in [4.69, 9.17) is 4.74 Å². The Morgan fingerprint density at radius 2 is 1.96 bits per heavy atom. The van der Waals surface area contributed by atoms with Gasteiger partial charge in [0.2, 0.25) is 0 Å². The number of hydrogen-bond acceptors (Lipinski definition) is 3. The highest BCUT2D eigenvalue weighted by molar-refractivity contribution is 5.50. The molecule has 4 unspecified atom stereocenters. The van der Waals surface area contributed by atoms with E-state index in [2.05, 4.69) is 11.4 Å². The van der Waals surface area contributed by atoms with Crippen LogP contribution in [0.15, 0.2) is 42.5 Å². The fraction of sp³-hybridized carbons (Fsp3) is 0.400. The molecule has 0 amide bonds. The van der Waals surface area contributed by atoms with E-state index in [1.54, 1.807) is 13.0 Å². The third-order valence-electron chi connectivity index (χ3n) is 5.38. The fourth-order valence-corrected chi connectivity index (χ4v) is 4.32. The number of halogens is 1. The Morgan fingerprint density at radius 3 is 2.75 bits per heavy atom. The molecule has 2 N–H and O–H groups in total. The molecular weight excluding hydrogens is 305 g/mol. The van der Waals surface area contributed by atoms with Crippen molar-refractivity contribution in [2.24, 2.45) is 0 Å². The van der Waals surface area contributed by atoms with Gasteiger partial charge >= 0.3 is 0 Å². The highest BCUT2D eigenvalue weighted by Gasteiger charge is 2.45. The van der Waals surface area contributed by atoms with Crippen molar-refractivity contribution in [3.8, 4) is 0 Å². The molecule has 0 bridgehead atoms. The second-order valence-electron chi connectivity index (χ2n) is 6.97. The van der Waals surface area contributed by atoms with Gasteiger partial charge < -0.3 is 15.2 Å². The van der Waals surface area contributed by atoms with E-state index in [0.29, 0.717) is 0 Å². The third kappa shape index (κ3) is 2.29. The summed E-state index contributed by atoms with van der Waals surface area (Å²) in [5, 5.41) is 14.4. The molecule has 1 aliphatic carbocycles. The van der Waals surface area contributed by atoms with Gasteiger partial charge in [0.15, 0.2) is 0 Å². The van der Waals surface area contributed by atoms with Gasteiger partial charge in [-0.25, -0.2) is 4.39 Å². The minimum absolute atomic E-state index is 0.0808. The van der Waals surface area contributed by atoms with Crippen molar-refractivity contribution in [2.45, 2.75) is 37.1 Å². The molecule has 3 nitrogen and oxygen atoms in total. The minimum Gasteiger partial charge on any atom is -0.381 e. The van der Waals surface area contributed by atoms with E-state index < -0.39 is 5.60 Å². The summed E-state index contributed by atoms with van der Waals surface area (Å²) < 4.78 is 20.2. The highest BCUT2D eigenvalue weighted by atomic mass is 19.1. The minimum atomic E-state index is -1.16. The van der Waals surface area contributed by atoms with Crippen molar-refractivity contribution in [3.63, 3.8) is 0 Å². The summed E-state index contributed by atoms with van der Waals surface area (Å²) in [4.78, 5) is 0. The molecule has 126 valence electrons. The molecule has 2 aliphatic rings. The van der Waals surface area contributed by atoms with Gasteiger partial charge in [-0.2, -0.15) is 0 Å². The fourth-order valence-electron chi connectivity index (χ4n) is 4.32. The highest BCUT2D eigenvalue weighted by Crippen LogP contribution is 2.52. The standard InChI is InChI=1S/C20H22FNO2/c1-20(23)17-6-4-3-5-14(17)15-10-13(11-22-2)24-19(15)16-9-12(21)7-8-18(16)20/h3-9,13,15,19,22-23H,10-11H2,1-2H3. The Balaban J connectivity index is 1.94. The van der Waals surface area contributed by atoms with Gasteiger partial charge in [0, 0.05) is 12.5 Å². The van der Waals surface area contributed by atoms with Crippen LogP contribution in [0, 0.1) is 5.82 Å². The molecule has 1 saturated heterocycles. The lowest BCUT2D eigenvalue weighted by Crippen LogP contribution is -2.26. The molecule has 4 heteroatoms. The predicted molar refractivity (Wildman–Crippen MR) is 90.4 cm³/mol. The number of ether oxygens (including phenoxy) is 1. The normalized spacial score (nSPS) is 31.1. The smallest absolute Gasteiger partial charge is 0.123 e. The first kappa shape index (κ1) is 15.8. The van der Waals surface area contributed by atoms with E-state index in [1.807, 2.05) is 25.2 Å². The van der Waals surface area contributed by atoms with E-state index in [0.717, 1.165) is 35.2 Å². The van der Waals surface area contributed by atoms with Crippen molar-refractivity contribution in [2.75, 3.05) is 13.6 Å². The van der Waals surface area contributed by atoms with Gasteiger partial charge in [0.25, 0.3) is 0 Å². The summed E-state index contributed by atoms with van der Waals surface area (Å²) in [6.07, 6.45) is 0.704. The summed E-state index contributed by atoms with van der Waals surface area (Å²) in [6, 6.07) is 12.6. The van der Waals surface area contributed by atoms with Crippen LogP contribution in [0.3, 0.4) is 0 Å². The van der Waals surface area contributed by atoms with Crippen molar-refractivity contribution < 1.29 is 14.2 Å². The van der Waals surface area contributed by atoms with E-state index in [1.165, 1.54) is 12.1 Å². The van der Waals surface area contributed by atoms with Gasteiger partial charge in [0.1, 0.15) is 11.4 Å². The van der Waals surface area contributed by atoms with Crippen molar-refractivity contribution in [1.29, 1.82) is 0 Å². The molecule has 2 aromatic carbocycles. The van der Waals surface area contributed by atoms with Crippen LogP contribution in [0.25, 0.3) is 0 Å². The maximum Gasteiger partial charge on any atom is 0.123 e. The van der Waals surface area contributed by atoms with Crippen LogP contribution in [-0.2, 0) is 10.3 Å². The van der Waals surface area contributed by atoms with Crippen LogP contribution in [-0.4, -0.2) is 24.8 Å². The van der Waals surface area contributed by atoms with Gasteiger partial charge in [-0.15, -0.1) is 0 Å². The lowest BCUT2D eigenvalue weighted by atomic mass is 9.83. The van der Waals surface area contributed by atoms with Crippen molar-refractivity contribution in [1.82, 2.24) is 5.32 Å². The Kier molecular flexibility index (Phi) is 3.71. The quantitative estimate of drug-likeness (QED) is 0.890. The molecule has 1 aliphatic heterocycles. The summed E-state index contributed by atoms with van der Waals surface area (Å²) in [5.74, 6) is -0.177. The van der Waals surface area contributed by atoms with Gasteiger partial charge in [-0.1, -0.05) is 30.3 Å². The molecule has 24 heavy (non-hydrogen) atoms. The number of likely N-dealkylation sites (N-methyl/N-ethyl adjacent to an activating group) is 1. The average Bonchev–Trinajstić information content (AvgIpc) is 2.96. The van der Waals surface area contributed by atoms with Crippen LogP contribution in [0.5, 0.6) is 0 Å². The first-order chi connectivity index (χ1) is 11.5. The zero-order chi connectivity index (χ0) is 16.9. The molecule has 4 rings (SSSR count). The lowest BCUT2D eigenvalue weighted by Gasteiger charge is -2.27. The average molecular weight is 327 g/mol. The molecule has 0 aromatic heterocycles. The molecule has 2 aromatic rings. The molecular formula is C20H22FNO2. The monoisotopic (exact) mass is 327 g/mol. The second kappa shape index (κ2) is 5.66. The summed E-state index contributed by atoms with van der Waals surface area (Å²) >= 11 is 0. The summed E-state index contributed by atoms with van der Waals surface area (Å²) in [6.45, 7) is 2.55. The Morgan fingerprint density at radius 1 is 1.21 bits per heavy atom. The second-order valence-corrected chi connectivity index (χ2v) is 6.97. The van der Waals surface area contributed by atoms with Crippen LogP contribution in [0.2, 0.25) is 0 Å². The molecule has 0 radical (unpaired) electrons. The zero-order valence-electron chi connectivity index (χ0n) is 13.9. The molecule has 0 saturated carbocycles. The summed E-state index contributed by atoms with van der Waals surface area (Å²) in [7, 11) is 1.91. The van der Waals surface area contributed by atoms with E-state index in [-0.39, 0.29) is 23.9 Å². The largest absolute Gasteiger partial charge is 0.381 e. The maximum absolute atomic E-state index is 14.0. The van der Waals surface area contributed by atoms with Crippen molar-refractivity contribution in [3.05, 3.63) is 70.5 Å². The third-order valence-corrected chi connectivity index (χ3v) is 5.38. The van der Waals surface area contributed by atoms with Gasteiger partial charge in [-0.3, -0.25) is 0 Å². The van der Waals surface area contributed by atoms with Crippen LogP contribution >= 0.6 is 0 Å². The Bertz CT molecular complexity index is 774. The number of fused-ring (bicyclic) bond motifs is 5. The number of aliphatic hydroxyl groups is 1.